The third-order valence-electron chi connectivity index (χ3n) is 4.15. The van der Waals surface area contributed by atoms with Gasteiger partial charge in [0.05, 0.1) is 25.3 Å². The summed E-state index contributed by atoms with van der Waals surface area (Å²) in [4.78, 5) is 28.1. The van der Waals surface area contributed by atoms with Crippen molar-refractivity contribution >= 4 is 39.8 Å². The third-order valence-corrected chi connectivity index (χ3v) is 4.74. The molecule has 162 valence electrons. The van der Waals surface area contributed by atoms with E-state index in [9.17, 15) is 9.59 Å². The van der Waals surface area contributed by atoms with E-state index in [1.807, 2.05) is 0 Å². The monoisotopic (exact) mass is 489 g/mol. The molecular formula is C22H20BrNO7. The van der Waals surface area contributed by atoms with E-state index in [2.05, 4.69) is 20.9 Å². The lowest BCUT2D eigenvalue weighted by molar-refractivity contribution is -0.145. The Morgan fingerprint density at radius 3 is 2.55 bits per heavy atom. The minimum atomic E-state index is -0.566. The molecule has 9 heteroatoms. The van der Waals surface area contributed by atoms with Gasteiger partial charge in [0.25, 0.3) is 0 Å². The molecule has 0 saturated carbocycles. The summed E-state index contributed by atoms with van der Waals surface area (Å²) in [5.41, 5.74) is 1.41. The number of hydrogen-bond donors (Lipinski definition) is 0. The molecule has 0 radical (unpaired) electrons. The Morgan fingerprint density at radius 2 is 1.90 bits per heavy atom. The first kappa shape index (κ1) is 22.4. The van der Waals surface area contributed by atoms with Crippen LogP contribution in [0.4, 0.5) is 0 Å². The summed E-state index contributed by atoms with van der Waals surface area (Å²) in [6.07, 6.45) is 1.57. The van der Waals surface area contributed by atoms with E-state index < -0.39 is 11.9 Å². The number of cyclic esters (lactones) is 1. The van der Waals surface area contributed by atoms with E-state index in [1.165, 1.54) is 7.11 Å². The fourth-order valence-electron chi connectivity index (χ4n) is 2.72. The van der Waals surface area contributed by atoms with E-state index in [1.54, 1.807) is 56.5 Å². The Morgan fingerprint density at radius 1 is 1.16 bits per heavy atom. The molecule has 0 unspecified atom stereocenters. The summed E-state index contributed by atoms with van der Waals surface area (Å²) in [5, 5.41) is 0. The lowest BCUT2D eigenvalue weighted by Gasteiger charge is -2.13. The first-order chi connectivity index (χ1) is 14.9. The molecule has 0 amide bonds. The van der Waals surface area contributed by atoms with Gasteiger partial charge in [-0.15, -0.1) is 0 Å². The molecule has 2 aromatic carbocycles. The number of esters is 2. The topological polar surface area (TPSA) is 92.7 Å². The van der Waals surface area contributed by atoms with Crippen molar-refractivity contribution in [3.8, 4) is 17.2 Å². The van der Waals surface area contributed by atoms with E-state index in [-0.39, 0.29) is 24.8 Å². The van der Waals surface area contributed by atoms with Crippen molar-refractivity contribution in [3.05, 3.63) is 57.7 Å². The van der Waals surface area contributed by atoms with Crippen LogP contribution in [0.5, 0.6) is 17.2 Å². The average Bonchev–Trinajstić information content (AvgIpc) is 3.13. The Bertz CT molecular complexity index is 1040. The van der Waals surface area contributed by atoms with Crippen molar-refractivity contribution in [1.29, 1.82) is 0 Å². The molecule has 0 aliphatic carbocycles. The molecule has 1 aliphatic heterocycles. The highest BCUT2D eigenvalue weighted by molar-refractivity contribution is 9.10. The molecule has 3 rings (SSSR count). The number of hydrogen-bond acceptors (Lipinski definition) is 8. The zero-order valence-electron chi connectivity index (χ0n) is 17.1. The number of nitrogens with zero attached hydrogens (tertiary/aromatic N) is 1. The predicted octanol–water partition coefficient (Wildman–Crippen LogP) is 3.75. The van der Waals surface area contributed by atoms with Crippen LogP contribution in [0.15, 0.2) is 51.6 Å². The Kier molecular flexibility index (Phi) is 7.30. The summed E-state index contributed by atoms with van der Waals surface area (Å²) in [6, 6.07) is 10.4. The highest BCUT2D eigenvalue weighted by Crippen LogP contribution is 2.37. The summed E-state index contributed by atoms with van der Waals surface area (Å²) >= 11 is 3.40. The van der Waals surface area contributed by atoms with Gasteiger partial charge in [0, 0.05) is 5.56 Å². The minimum Gasteiger partial charge on any atom is -0.497 e. The van der Waals surface area contributed by atoms with Crippen molar-refractivity contribution in [1.82, 2.24) is 0 Å². The van der Waals surface area contributed by atoms with Crippen LogP contribution in [-0.4, -0.2) is 45.3 Å². The standard InChI is InChI=1S/C22H20BrNO7/c1-4-29-19(25)12-30-20-16(23)9-13(11-18(20)28-3)10-17-22(26)31-21(24-17)14-5-7-15(27-2)8-6-14/h5-11H,4,12H2,1-3H3. The van der Waals surface area contributed by atoms with Gasteiger partial charge in [-0.05, 0) is 70.9 Å². The van der Waals surface area contributed by atoms with Crippen LogP contribution in [-0.2, 0) is 19.1 Å². The number of methoxy groups -OCH3 is 2. The second kappa shape index (κ2) is 10.1. The van der Waals surface area contributed by atoms with Crippen LogP contribution >= 0.6 is 15.9 Å². The Hall–Kier alpha value is -3.33. The van der Waals surface area contributed by atoms with Crippen molar-refractivity contribution in [2.45, 2.75) is 6.92 Å². The van der Waals surface area contributed by atoms with Crippen LogP contribution in [0, 0.1) is 0 Å². The molecule has 0 aromatic heterocycles. The molecule has 1 aliphatic rings. The van der Waals surface area contributed by atoms with Gasteiger partial charge in [-0.1, -0.05) is 0 Å². The SMILES string of the molecule is CCOC(=O)COc1c(Br)cc(C=C2N=C(c3ccc(OC)cc3)OC2=O)cc1OC. The smallest absolute Gasteiger partial charge is 0.363 e. The maximum atomic E-state index is 12.3. The molecule has 0 fully saturated rings. The van der Waals surface area contributed by atoms with Crippen LogP contribution < -0.4 is 14.2 Å². The van der Waals surface area contributed by atoms with Gasteiger partial charge in [0.2, 0.25) is 5.90 Å². The van der Waals surface area contributed by atoms with Crippen LogP contribution in [0.3, 0.4) is 0 Å². The lowest BCUT2D eigenvalue weighted by Crippen LogP contribution is -2.15. The summed E-state index contributed by atoms with van der Waals surface area (Å²) in [7, 11) is 3.04. The maximum Gasteiger partial charge on any atom is 0.363 e. The van der Waals surface area contributed by atoms with Crippen molar-refractivity contribution in [3.63, 3.8) is 0 Å². The highest BCUT2D eigenvalue weighted by Gasteiger charge is 2.24. The van der Waals surface area contributed by atoms with E-state index >= 15 is 0 Å². The minimum absolute atomic E-state index is 0.139. The van der Waals surface area contributed by atoms with Gasteiger partial charge in [-0.3, -0.25) is 0 Å². The molecule has 0 spiro atoms. The molecule has 0 atom stereocenters. The van der Waals surface area contributed by atoms with E-state index in [0.29, 0.717) is 32.8 Å². The predicted molar refractivity (Wildman–Crippen MR) is 116 cm³/mol. The number of carbonyl (C=O) groups excluding carboxylic acids is 2. The van der Waals surface area contributed by atoms with Crippen LogP contribution in [0.25, 0.3) is 6.08 Å². The van der Waals surface area contributed by atoms with E-state index in [0.717, 1.165) is 0 Å². The number of rotatable bonds is 8. The number of carbonyl (C=O) groups is 2. The normalized spacial score (nSPS) is 14.1. The fraction of sp³-hybridized carbons (Fsp3) is 0.227. The zero-order chi connectivity index (χ0) is 22.4. The summed E-state index contributed by atoms with van der Waals surface area (Å²) in [6.45, 7) is 1.72. The van der Waals surface area contributed by atoms with E-state index in [4.69, 9.17) is 23.7 Å². The van der Waals surface area contributed by atoms with Gasteiger partial charge in [0.1, 0.15) is 5.75 Å². The number of aliphatic imine (C=N–C) groups is 1. The largest absolute Gasteiger partial charge is 0.497 e. The summed E-state index contributed by atoms with van der Waals surface area (Å²) < 4.78 is 26.7. The summed E-state index contributed by atoms with van der Waals surface area (Å²) in [5.74, 6) is 0.552. The molecule has 8 nitrogen and oxygen atoms in total. The molecule has 1 heterocycles. The van der Waals surface area contributed by atoms with Gasteiger partial charge in [0.15, 0.2) is 23.8 Å². The average molecular weight is 490 g/mol. The van der Waals surface area contributed by atoms with Gasteiger partial charge >= 0.3 is 11.9 Å². The second-order valence-corrected chi connectivity index (χ2v) is 7.05. The van der Waals surface area contributed by atoms with Crippen LogP contribution in [0.2, 0.25) is 0 Å². The molecular weight excluding hydrogens is 470 g/mol. The van der Waals surface area contributed by atoms with Gasteiger partial charge in [-0.25, -0.2) is 14.6 Å². The molecule has 31 heavy (non-hydrogen) atoms. The number of benzene rings is 2. The maximum absolute atomic E-state index is 12.3. The quantitative estimate of drug-likeness (QED) is 0.411. The van der Waals surface area contributed by atoms with Gasteiger partial charge < -0.3 is 23.7 Å². The first-order valence-corrected chi connectivity index (χ1v) is 10.1. The lowest BCUT2D eigenvalue weighted by atomic mass is 10.1. The molecule has 0 N–H and O–H groups in total. The zero-order valence-corrected chi connectivity index (χ0v) is 18.7. The first-order valence-electron chi connectivity index (χ1n) is 9.28. The highest BCUT2D eigenvalue weighted by atomic mass is 79.9. The number of halogens is 1. The second-order valence-electron chi connectivity index (χ2n) is 6.19. The van der Waals surface area contributed by atoms with Crippen LogP contribution in [0.1, 0.15) is 18.1 Å². The Labute approximate surface area is 187 Å². The fourth-order valence-corrected chi connectivity index (χ4v) is 3.30. The third kappa shape index (κ3) is 5.43. The number of ether oxygens (including phenoxy) is 5. The van der Waals surface area contributed by atoms with Crippen molar-refractivity contribution in [2.75, 3.05) is 27.4 Å². The molecule has 0 bridgehead atoms. The van der Waals surface area contributed by atoms with Gasteiger partial charge in [-0.2, -0.15) is 0 Å². The van der Waals surface area contributed by atoms with Crippen molar-refractivity contribution in [2.24, 2.45) is 4.99 Å². The van der Waals surface area contributed by atoms with Crippen molar-refractivity contribution < 1.29 is 33.3 Å². The Balaban J connectivity index is 1.84. The molecule has 0 saturated heterocycles. The molecule has 2 aromatic rings.